The van der Waals surface area contributed by atoms with Crippen LogP contribution < -0.4 is 0 Å². The molecule has 106 valence electrons. The summed E-state index contributed by atoms with van der Waals surface area (Å²) in [6.45, 7) is 0.0390. The van der Waals surface area contributed by atoms with Crippen LogP contribution in [-0.4, -0.2) is 41.9 Å². The first-order valence-electron chi connectivity index (χ1n) is 5.44. The van der Waals surface area contributed by atoms with Gasteiger partial charge in [-0.15, -0.1) is 11.3 Å². The Balaban J connectivity index is 2.40. The van der Waals surface area contributed by atoms with Gasteiger partial charge < -0.3 is 5.11 Å². The third-order valence-electron chi connectivity index (χ3n) is 2.94. The van der Waals surface area contributed by atoms with Crippen molar-refractivity contribution in [3.63, 3.8) is 0 Å². The lowest BCUT2D eigenvalue weighted by molar-refractivity contribution is -0.384. The minimum Gasteiger partial charge on any atom is -0.395 e. The topological polar surface area (TPSA) is 101 Å². The van der Waals surface area contributed by atoms with E-state index >= 15 is 0 Å². The van der Waals surface area contributed by atoms with Crippen molar-refractivity contribution >= 4 is 38.6 Å². The lowest BCUT2D eigenvalue weighted by atomic mass is 10.2. The molecule has 0 bridgehead atoms. The maximum atomic E-state index is 12.3. The van der Waals surface area contributed by atoms with Crippen LogP contribution in [0.3, 0.4) is 0 Å². The average Bonchev–Trinajstić information content (AvgIpc) is 2.94. The number of aliphatic hydroxyl groups excluding tert-OH is 1. The van der Waals surface area contributed by atoms with Gasteiger partial charge in [0.05, 0.1) is 11.5 Å². The summed E-state index contributed by atoms with van der Waals surface area (Å²) in [5.41, 5.74) is -0.412. The molecule has 0 saturated carbocycles. The van der Waals surface area contributed by atoms with Gasteiger partial charge in [-0.05, 0) is 12.8 Å². The number of thiophene rings is 1. The minimum absolute atomic E-state index is 0.162. The highest BCUT2D eigenvalue weighted by Crippen LogP contribution is 2.38. The predicted molar refractivity (Wildman–Crippen MR) is 70.0 cm³/mol. The predicted octanol–water partition coefficient (Wildman–Crippen LogP) is 1.46. The molecule has 1 aliphatic rings. The largest absolute Gasteiger partial charge is 0.395 e. The first kappa shape index (κ1) is 14.7. The molecule has 2 heterocycles. The van der Waals surface area contributed by atoms with Crippen LogP contribution in [0.5, 0.6) is 0 Å². The lowest BCUT2D eigenvalue weighted by Gasteiger charge is -2.21. The Morgan fingerprint density at radius 2 is 2.32 bits per heavy atom. The highest BCUT2D eigenvalue weighted by Gasteiger charge is 2.37. The van der Waals surface area contributed by atoms with Gasteiger partial charge in [0.25, 0.3) is 15.7 Å². The third-order valence-corrected chi connectivity index (χ3v) is 6.68. The highest BCUT2D eigenvalue weighted by atomic mass is 35.5. The minimum atomic E-state index is -3.83. The van der Waals surface area contributed by atoms with Crippen molar-refractivity contribution in [3.8, 4) is 0 Å². The van der Waals surface area contributed by atoms with E-state index in [9.17, 15) is 18.5 Å². The van der Waals surface area contributed by atoms with E-state index in [1.165, 1.54) is 4.31 Å². The second-order valence-electron chi connectivity index (χ2n) is 4.08. The second kappa shape index (κ2) is 5.33. The zero-order valence-electron chi connectivity index (χ0n) is 9.65. The van der Waals surface area contributed by atoms with E-state index in [-0.39, 0.29) is 15.2 Å². The van der Waals surface area contributed by atoms with Crippen molar-refractivity contribution < 1.29 is 18.4 Å². The van der Waals surface area contributed by atoms with Crippen LogP contribution in [0, 0.1) is 10.1 Å². The number of hydrogen-bond donors (Lipinski definition) is 1. The molecule has 1 aromatic rings. The number of rotatable bonds is 4. The molecule has 19 heavy (non-hydrogen) atoms. The summed E-state index contributed by atoms with van der Waals surface area (Å²) < 4.78 is 25.5. The van der Waals surface area contributed by atoms with E-state index in [4.69, 9.17) is 16.7 Å². The first-order chi connectivity index (χ1) is 8.87. The van der Waals surface area contributed by atoms with Gasteiger partial charge in [0.1, 0.15) is 4.21 Å². The van der Waals surface area contributed by atoms with Gasteiger partial charge in [-0.1, -0.05) is 11.6 Å². The van der Waals surface area contributed by atoms with Crippen molar-refractivity contribution in [2.24, 2.45) is 0 Å². The summed E-state index contributed by atoms with van der Waals surface area (Å²) in [4.78, 5) is 9.97. The zero-order chi connectivity index (χ0) is 14.2. The summed E-state index contributed by atoms with van der Waals surface area (Å²) in [6, 6.07) is 0.500. The first-order valence-corrected chi connectivity index (χ1v) is 8.08. The molecule has 7 nitrogen and oxygen atoms in total. The normalized spacial score (nSPS) is 20.8. The number of aliphatic hydroxyl groups is 1. The van der Waals surface area contributed by atoms with Crippen LogP contribution in [0.4, 0.5) is 5.69 Å². The van der Waals surface area contributed by atoms with Crippen molar-refractivity contribution in [2.75, 3.05) is 13.2 Å². The molecule has 1 fully saturated rings. The van der Waals surface area contributed by atoms with Gasteiger partial charge in [-0.3, -0.25) is 10.1 Å². The number of nitrogens with zero attached hydrogens (tertiary/aromatic N) is 2. The molecule has 1 atom stereocenters. The van der Waals surface area contributed by atoms with Crippen LogP contribution in [0.15, 0.2) is 10.3 Å². The number of nitro groups is 1. The summed E-state index contributed by atoms with van der Waals surface area (Å²) in [6.07, 6.45) is 1.24. The Morgan fingerprint density at radius 1 is 1.63 bits per heavy atom. The van der Waals surface area contributed by atoms with Gasteiger partial charge >= 0.3 is 0 Å². The molecule has 0 spiro atoms. The van der Waals surface area contributed by atoms with Crippen LogP contribution in [0.25, 0.3) is 0 Å². The van der Waals surface area contributed by atoms with Crippen LogP contribution in [0.1, 0.15) is 12.8 Å². The fourth-order valence-corrected chi connectivity index (χ4v) is 5.49. The summed E-state index contributed by atoms with van der Waals surface area (Å²) in [5, 5.41) is 19.8. The number of halogens is 1. The van der Waals surface area contributed by atoms with Gasteiger partial charge in [0.2, 0.25) is 0 Å². The van der Waals surface area contributed by atoms with E-state index in [2.05, 4.69) is 0 Å². The monoisotopic (exact) mass is 326 g/mol. The Labute approximate surface area is 118 Å². The van der Waals surface area contributed by atoms with Crippen molar-refractivity contribution in [1.82, 2.24) is 4.31 Å². The molecule has 0 radical (unpaired) electrons. The van der Waals surface area contributed by atoms with Crippen LogP contribution in [-0.2, 0) is 10.0 Å². The SMILES string of the molecule is O=[N+]([O-])c1cc(S(=O)(=O)N2CCCC2CO)sc1Cl. The van der Waals surface area contributed by atoms with Crippen LogP contribution >= 0.6 is 22.9 Å². The Bertz CT molecular complexity index is 600. The molecule has 1 N–H and O–H groups in total. The van der Waals surface area contributed by atoms with E-state index in [0.717, 1.165) is 6.07 Å². The molecule has 0 aromatic carbocycles. The zero-order valence-corrected chi connectivity index (χ0v) is 12.0. The number of sulfonamides is 1. The number of hydrogen-bond acceptors (Lipinski definition) is 6. The average molecular weight is 327 g/mol. The van der Waals surface area contributed by atoms with E-state index < -0.39 is 26.7 Å². The Kier molecular flexibility index (Phi) is 4.11. The Morgan fingerprint density at radius 3 is 2.84 bits per heavy atom. The fraction of sp³-hybridized carbons (Fsp3) is 0.556. The van der Waals surface area contributed by atoms with Gasteiger partial charge in [0.15, 0.2) is 4.34 Å². The van der Waals surface area contributed by atoms with Gasteiger partial charge in [0, 0.05) is 18.7 Å². The third kappa shape index (κ3) is 2.61. The van der Waals surface area contributed by atoms with E-state index in [1.54, 1.807) is 0 Å². The maximum absolute atomic E-state index is 12.3. The lowest BCUT2D eigenvalue weighted by Crippen LogP contribution is -2.37. The summed E-state index contributed by atoms with van der Waals surface area (Å²) in [5.74, 6) is 0. The molecule has 1 unspecified atom stereocenters. The van der Waals surface area contributed by atoms with Crippen LogP contribution in [0.2, 0.25) is 4.34 Å². The molecule has 1 saturated heterocycles. The molecule has 0 amide bonds. The maximum Gasteiger partial charge on any atom is 0.300 e. The smallest absolute Gasteiger partial charge is 0.300 e. The molecule has 2 rings (SSSR count). The van der Waals surface area contributed by atoms with Gasteiger partial charge in [-0.25, -0.2) is 8.42 Å². The summed E-state index contributed by atoms with van der Waals surface area (Å²) >= 11 is 6.33. The van der Waals surface area contributed by atoms with Crippen molar-refractivity contribution in [1.29, 1.82) is 0 Å². The van der Waals surface area contributed by atoms with E-state index in [0.29, 0.717) is 30.7 Å². The highest BCUT2D eigenvalue weighted by molar-refractivity contribution is 7.91. The Hall–Kier alpha value is -0.740. The standard InChI is InChI=1S/C9H11ClN2O5S2/c10-9-7(12(14)15)4-8(18-9)19(16,17)11-3-1-2-6(11)5-13/h4,6,13H,1-3,5H2. The van der Waals surface area contributed by atoms with E-state index in [1.807, 2.05) is 0 Å². The quantitative estimate of drug-likeness (QED) is 0.666. The molecule has 10 heteroatoms. The molecular weight excluding hydrogens is 316 g/mol. The molecule has 1 aliphatic heterocycles. The molecule has 1 aromatic heterocycles. The molecular formula is C9H11ClN2O5S2. The van der Waals surface area contributed by atoms with Crippen molar-refractivity contribution in [3.05, 3.63) is 20.5 Å². The van der Waals surface area contributed by atoms with Gasteiger partial charge in [-0.2, -0.15) is 4.31 Å². The second-order valence-corrected chi connectivity index (χ2v) is 7.85. The van der Waals surface area contributed by atoms with Crippen molar-refractivity contribution in [2.45, 2.75) is 23.1 Å². The summed E-state index contributed by atoms with van der Waals surface area (Å²) in [7, 11) is -3.83. The molecule has 0 aliphatic carbocycles. The fourth-order valence-electron chi connectivity index (χ4n) is 2.01.